The molecule has 0 aliphatic carbocycles. The van der Waals surface area contributed by atoms with Crippen molar-refractivity contribution >= 4 is 45.7 Å². The summed E-state index contributed by atoms with van der Waals surface area (Å²) in [6.07, 6.45) is 0. The third kappa shape index (κ3) is 6.30. The van der Waals surface area contributed by atoms with Crippen molar-refractivity contribution in [1.82, 2.24) is 10.2 Å². The van der Waals surface area contributed by atoms with Crippen LogP contribution in [0.3, 0.4) is 0 Å². The largest absolute Gasteiger partial charge is 0.484 e. The molecule has 9 heteroatoms. The minimum atomic E-state index is -0.325. The summed E-state index contributed by atoms with van der Waals surface area (Å²) in [5, 5.41) is 13.8. The molecule has 1 heterocycles. The van der Waals surface area contributed by atoms with Gasteiger partial charge >= 0.3 is 0 Å². The lowest BCUT2D eigenvalue weighted by Gasteiger charge is -2.09. The van der Waals surface area contributed by atoms with Gasteiger partial charge in [-0.3, -0.25) is 14.9 Å². The summed E-state index contributed by atoms with van der Waals surface area (Å²) < 4.78 is 5.98. The maximum absolute atomic E-state index is 12.2. The molecule has 0 bridgehead atoms. The fraction of sp³-hybridized carbons (Fsp3) is 0.200. The number of rotatable bonds is 8. The Kier molecular flexibility index (Phi) is 7.20. The minimum Gasteiger partial charge on any atom is -0.484 e. The number of aromatic nitrogens is 2. The van der Waals surface area contributed by atoms with Gasteiger partial charge in [0.25, 0.3) is 5.91 Å². The first kappa shape index (κ1) is 20.8. The normalized spacial score (nSPS) is 10.4. The van der Waals surface area contributed by atoms with E-state index >= 15 is 0 Å². The second-order valence-electron chi connectivity index (χ2n) is 6.11. The number of anilines is 2. The maximum Gasteiger partial charge on any atom is 0.264 e. The molecule has 2 N–H and O–H groups in total. The molecule has 3 rings (SSSR count). The van der Waals surface area contributed by atoms with E-state index in [1.54, 1.807) is 12.1 Å². The zero-order valence-corrected chi connectivity index (χ0v) is 17.6. The van der Waals surface area contributed by atoms with E-state index in [-0.39, 0.29) is 24.2 Å². The van der Waals surface area contributed by atoms with Crippen LogP contribution in [-0.4, -0.2) is 34.4 Å². The summed E-state index contributed by atoms with van der Waals surface area (Å²) in [7, 11) is 0. The second-order valence-corrected chi connectivity index (χ2v) is 8.31. The predicted molar refractivity (Wildman–Crippen MR) is 116 cm³/mol. The highest BCUT2D eigenvalue weighted by molar-refractivity contribution is 8.01. The van der Waals surface area contributed by atoms with Gasteiger partial charge in [-0.25, -0.2) is 0 Å². The van der Waals surface area contributed by atoms with Gasteiger partial charge in [0.2, 0.25) is 11.0 Å². The van der Waals surface area contributed by atoms with Crippen LogP contribution in [0.1, 0.15) is 11.1 Å². The third-order valence-electron chi connectivity index (χ3n) is 3.97. The average Bonchev–Trinajstić information content (AvgIpc) is 3.16. The lowest BCUT2D eigenvalue weighted by Crippen LogP contribution is -2.20. The second kappa shape index (κ2) is 10.0. The number of nitrogens with one attached hydrogen (secondary N) is 2. The van der Waals surface area contributed by atoms with Crippen LogP contribution in [0, 0.1) is 13.8 Å². The van der Waals surface area contributed by atoms with Gasteiger partial charge in [0.15, 0.2) is 10.9 Å². The third-order valence-corrected chi connectivity index (χ3v) is 5.94. The van der Waals surface area contributed by atoms with Crippen LogP contribution in [0.5, 0.6) is 5.75 Å². The summed E-state index contributed by atoms with van der Waals surface area (Å²) in [6.45, 7) is 3.85. The number of aryl methyl sites for hydroxylation is 1. The molecule has 0 aliphatic rings. The van der Waals surface area contributed by atoms with E-state index in [1.165, 1.54) is 23.1 Å². The molecule has 3 aromatic rings. The van der Waals surface area contributed by atoms with Gasteiger partial charge in [0, 0.05) is 5.69 Å². The van der Waals surface area contributed by atoms with Crippen LogP contribution >= 0.6 is 23.1 Å². The van der Waals surface area contributed by atoms with Crippen LogP contribution in [0.2, 0.25) is 0 Å². The summed E-state index contributed by atoms with van der Waals surface area (Å²) in [5.74, 6) is 0.369. The molecule has 1 aromatic heterocycles. The highest BCUT2D eigenvalue weighted by atomic mass is 32.2. The molecule has 29 heavy (non-hydrogen) atoms. The van der Waals surface area contributed by atoms with Crippen molar-refractivity contribution in [1.29, 1.82) is 0 Å². The lowest BCUT2D eigenvalue weighted by molar-refractivity contribution is -0.118. The van der Waals surface area contributed by atoms with E-state index in [9.17, 15) is 9.59 Å². The van der Waals surface area contributed by atoms with Gasteiger partial charge in [-0.2, -0.15) is 0 Å². The van der Waals surface area contributed by atoms with Crippen molar-refractivity contribution in [2.75, 3.05) is 23.0 Å². The molecule has 0 atom stereocenters. The predicted octanol–water partition coefficient (Wildman–Crippen LogP) is 3.90. The van der Waals surface area contributed by atoms with E-state index in [0.717, 1.165) is 16.8 Å². The Labute approximate surface area is 176 Å². The lowest BCUT2D eigenvalue weighted by atomic mass is 10.1. The van der Waals surface area contributed by atoms with Crippen molar-refractivity contribution in [2.45, 2.75) is 18.2 Å². The maximum atomic E-state index is 12.2. The van der Waals surface area contributed by atoms with Crippen LogP contribution < -0.4 is 15.4 Å². The fourth-order valence-electron chi connectivity index (χ4n) is 2.34. The molecule has 0 saturated heterocycles. The summed E-state index contributed by atoms with van der Waals surface area (Å²) in [6, 6.07) is 14.9. The molecule has 0 aliphatic heterocycles. The molecule has 0 unspecified atom stereocenters. The van der Waals surface area contributed by atoms with Gasteiger partial charge in [-0.05, 0) is 43.2 Å². The first-order chi connectivity index (χ1) is 14.0. The monoisotopic (exact) mass is 428 g/mol. The highest BCUT2D eigenvalue weighted by Crippen LogP contribution is 2.26. The van der Waals surface area contributed by atoms with Gasteiger partial charge < -0.3 is 10.1 Å². The molecule has 7 nitrogen and oxygen atoms in total. The number of ether oxygens (including phenoxy) is 1. The zero-order chi connectivity index (χ0) is 20.6. The quantitative estimate of drug-likeness (QED) is 0.417. The molecular weight excluding hydrogens is 408 g/mol. The summed E-state index contributed by atoms with van der Waals surface area (Å²) in [4.78, 5) is 24.1. The average molecular weight is 429 g/mol. The number of hydrogen-bond acceptors (Lipinski definition) is 7. The van der Waals surface area contributed by atoms with Crippen LogP contribution in [0.4, 0.5) is 10.8 Å². The molecule has 0 radical (unpaired) electrons. The molecular formula is C20H20N4O3S2. The first-order valence-electron chi connectivity index (χ1n) is 8.81. The van der Waals surface area contributed by atoms with E-state index in [0.29, 0.717) is 15.2 Å². The van der Waals surface area contributed by atoms with Gasteiger partial charge in [0.1, 0.15) is 5.75 Å². The highest BCUT2D eigenvalue weighted by Gasteiger charge is 2.12. The number of amides is 2. The number of benzene rings is 2. The number of carbonyl (C=O) groups excluding carboxylic acids is 2. The SMILES string of the molecule is Cc1cccc(NC(=O)CSc2nnc(NC(=O)COc3ccccc3)s2)c1C. The molecule has 0 spiro atoms. The molecule has 2 aromatic carbocycles. The Bertz CT molecular complexity index is 992. The summed E-state index contributed by atoms with van der Waals surface area (Å²) in [5.41, 5.74) is 2.97. The molecule has 0 saturated carbocycles. The molecule has 0 fully saturated rings. The Balaban J connectivity index is 1.44. The van der Waals surface area contributed by atoms with Crippen molar-refractivity contribution in [2.24, 2.45) is 0 Å². The van der Waals surface area contributed by atoms with E-state index in [2.05, 4.69) is 20.8 Å². The Morgan fingerprint density at radius 1 is 1.00 bits per heavy atom. The van der Waals surface area contributed by atoms with E-state index in [4.69, 9.17) is 4.74 Å². The Morgan fingerprint density at radius 3 is 2.59 bits per heavy atom. The van der Waals surface area contributed by atoms with Gasteiger partial charge in [0.05, 0.1) is 5.75 Å². The number of nitrogens with zero attached hydrogens (tertiary/aromatic N) is 2. The number of thioether (sulfide) groups is 1. The van der Waals surface area contributed by atoms with Crippen molar-refractivity contribution in [3.05, 3.63) is 59.7 Å². The van der Waals surface area contributed by atoms with Crippen LogP contribution in [-0.2, 0) is 9.59 Å². The van der Waals surface area contributed by atoms with E-state index < -0.39 is 0 Å². The summed E-state index contributed by atoms with van der Waals surface area (Å²) >= 11 is 2.48. The Hall–Kier alpha value is -2.91. The smallest absolute Gasteiger partial charge is 0.264 e. The van der Waals surface area contributed by atoms with Crippen LogP contribution in [0.25, 0.3) is 0 Å². The Morgan fingerprint density at radius 2 is 1.79 bits per heavy atom. The van der Waals surface area contributed by atoms with Crippen molar-refractivity contribution < 1.29 is 14.3 Å². The fourth-order valence-corrected chi connectivity index (χ4v) is 3.91. The van der Waals surface area contributed by atoms with Crippen molar-refractivity contribution in [3.8, 4) is 5.75 Å². The minimum absolute atomic E-state index is 0.121. The topological polar surface area (TPSA) is 93.2 Å². The van der Waals surface area contributed by atoms with Crippen molar-refractivity contribution in [3.63, 3.8) is 0 Å². The zero-order valence-electron chi connectivity index (χ0n) is 16.0. The number of para-hydroxylation sites is 1. The van der Waals surface area contributed by atoms with Gasteiger partial charge in [-0.1, -0.05) is 53.4 Å². The van der Waals surface area contributed by atoms with E-state index in [1.807, 2.05) is 50.2 Å². The van der Waals surface area contributed by atoms with Gasteiger partial charge in [-0.15, -0.1) is 10.2 Å². The van der Waals surface area contributed by atoms with Crippen LogP contribution in [0.15, 0.2) is 52.9 Å². The molecule has 2 amide bonds. The molecule has 150 valence electrons. The number of hydrogen-bond donors (Lipinski definition) is 2. The first-order valence-corrected chi connectivity index (χ1v) is 10.6. The number of carbonyl (C=O) groups is 2. The standard InChI is InChI=1S/C20H20N4O3S2/c1-13-7-6-10-16(14(13)2)21-18(26)12-28-20-24-23-19(29-20)22-17(25)11-27-15-8-4-3-5-9-15/h3-10H,11-12H2,1-2H3,(H,21,26)(H,22,23,25).